The van der Waals surface area contributed by atoms with Crippen molar-refractivity contribution in [3.05, 3.63) is 46.7 Å². The standard InChI is InChI=1S/C16H17ClN2O4S/c1-4-24(21,22)16-18-9-13(17)14(19-16)15(20)23-12-7-5-11(6-8-12)10(2)3/h5-10H,4H2,1-3H3. The number of carbonyl (C=O) groups excluding carboxylic acids is 1. The highest BCUT2D eigenvalue weighted by Gasteiger charge is 2.22. The molecular weight excluding hydrogens is 352 g/mol. The highest BCUT2D eigenvalue weighted by molar-refractivity contribution is 7.91. The molecule has 0 aliphatic rings. The zero-order valence-corrected chi connectivity index (χ0v) is 15.1. The molecule has 0 unspecified atom stereocenters. The molecule has 0 aliphatic heterocycles. The number of benzene rings is 1. The van der Waals surface area contributed by atoms with Crippen LogP contribution in [0.4, 0.5) is 0 Å². The summed E-state index contributed by atoms with van der Waals surface area (Å²) in [6, 6.07) is 7.02. The number of ether oxygens (including phenoxy) is 1. The van der Waals surface area contributed by atoms with E-state index in [0.717, 1.165) is 11.8 Å². The van der Waals surface area contributed by atoms with Crippen molar-refractivity contribution in [2.45, 2.75) is 31.8 Å². The highest BCUT2D eigenvalue weighted by atomic mass is 35.5. The van der Waals surface area contributed by atoms with Gasteiger partial charge in [0.25, 0.3) is 0 Å². The van der Waals surface area contributed by atoms with Crippen molar-refractivity contribution in [2.75, 3.05) is 5.75 Å². The Hall–Kier alpha value is -1.99. The SMILES string of the molecule is CCS(=O)(=O)c1ncc(Cl)c(C(=O)Oc2ccc(C(C)C)cc2)n1. The van der Waals surface area contributed by atoms with Crippen molar-refractivity contribution in [1.29, 1.82) is 0 Å². The Bertz CT molecular complexity index is 849. The summed E-state index contributed by atoms with van der Waals surface area (Å²) in [7, 11) is -3.65. The van der Waals surface area contributed by atoms with Gasteiger partial charge in [-0.3, -0.25) is 0 Å². The van der Waals surface area contributed by atoms with Gasteiger partial charge in [0.15, 0.2) is 5.69 Å². The molecule has 0 aliphatic carbocycles. The van der Waals surface area contributed by atoms with E-state index in [4.69, 9.17) is 16.3 Å². The average Bonchev–Trinajstić information content (AvgIpc) is 2.55. The summed E-state index contributed by atoms with van der Waals surface area (Å²) in [5.41, 5.74) is 0.817. The smallest absolute Gasteiger partial charge is 0.364 e. The molecule has 0 saturated heterocycles. The lowest BCUT2D eigenvalue weighted by Crippen LogP contribution is -2.16. The summed E-state index contributed by atoms with van der Waals surface area (Å²) in [6.45, 7) is 5.57. The molecule has 0 atom stereocenters. The molecule has 1 heterocycles. The van der Waals surface area contributed by atoms with Crippen LogP contribution in [-0.4, -0.2) is 30.1 Å². The maximum atomic E-state index is 12.2. The second kappa shape index (κ2) is 7.27. The van der Waals surface area contributed by atoms with E-state index < -0.39 is 21.0 Å². The van der Waals surface area contributed by atoms with E-state index in [1.54, 1.807) is 12.1 Å². The molecule has 1 aromatic heterocycles. The van der Waals surface area contributed by atoms with E-state index in [-0.39, 0.29) is 16.5 Å². The fraction of sp³-hybridized carbons (Fsp3) is 0.312. The van der Waals surface area contributed by atoms with Gasteiger partial charge in [-0.25, -0.2) is 23.2 Å². The van der Waals surface area contributed by atoms with E-state index >= 15 is 0 Å². The zero-order chi connectivity index (χ0) is 17.9. The largest absolute Gasteiger partial charge is 0.422 e. The van der Waals surface area contributed by atoms with Crippen LogP contribution >= 0.6 is 11.6 Å². The summed E-state index contributed by atoms with van der Waals surface area (Å²) >= 11 is 5.90. The number of halogens is 1. The van der Waals surface area contributed by atoms with Crippen LogP contribution in [0.3, 0.4) is 0 Å². The van der Waals surface area contributed by atoms with Gasteiger partial charge in [-0.05, 0) is 23.6 Å². The van der Waals surface area contributed by atoms with E-state index in [0.29, 0.717) is 11.7 Å². The number of hydrogen-bond donors (Lipinski definition) is 0. The molecular formula is C16H17ClN2O4S. The molecule has 8 heteroatoms. The predicted octanol–water partition coefficient (Wildman–Crippen LogP) is 3.27. The minimum atomic E-state index is -3.65. The third-order valence-corrected chi connectivity index (χ3v) is 5.12. The fourth-order valence-electron chi connectivity index (χ4n) is 1.85. The van der Waals surface area contributed by atoms with Crippen molar-refractivity contribution in [3.8, 4) is 5.75 Å². The maximum absolute atomic E-state index is 12.2. The van der Waals surface area contributed by atoms with Crippen molar-refractivity contribution >= 4 is 27.4 Å². The normalized spacial score (nSPS) is 11.5. The van der Waals surface area contributed by atoms with Gasteiger partial charge in [-0.1, -0.05) is 44.5 Å². The van der Waals surface area contributed by atoms with Gasteiger partial charge in [0, 0.05) is 0 Å². The lowest BCUT2D eigenvalue weighted by Gasteiger charge is -2.08. The van der Waals surface area contributed by atoms with Crippen LogP contribution in [0.2, 0.25) is 5.02 Å². The van der Waals surface area contributed by atoms with Gasteiger partial charge in [0.05, 0.1) is 17.0 Å². The van der Waals surface area contributed by atoms with Crippen LogP contribution in [0, 0.1) is 0 Å². The van der Waals surface area contributed by atoms with Crippen LogP contribution in [0.15, 0.2) is 35.6 Å². The van der Waals surface area contributed by atoms with Crippen LogP contribution < -0.4 is 4.74 Å². The predicted molar refractivity (Wildman–Crippen MR) is 90.3 cm³/mol. The first-order valence-corrected chi connectivity index (χ1v) is 9.35. The zero-order valence-electron chi connectivity index (χ0n) is 13.5. The maximum Gasteiger partial charge on any atom is 0.364 e. The third-order valence-electron chi connectivity index (χ3n) is 3.33. The Morgan fingerprint density at radius 3 is 2.42 bits per heavy atom. The van der Waals surface area contributed by atoms with Crippen molar-refractivity contribution in [3.63, 3.8) is 0 Å². The first-order valence-electron chi connectivity index (χ1n) is 7.32. The molecule has 1 aromatic carbocycles. The summed E-state index contributed by atoms with van der Waals surface area (Å²) < 4.78 is 28.9. The molecule has 24 heavy (non-hydrogen) atoms. The number of esters is 1. The highest BCUT2D eigenvalue weighted by Crippen LogP contribution is 2.21. The van der Waals surface area contributed by atoms with Gasteiger partial charge in [0.1, 0.15) is 5.75 Å². The lowest BCUT2D eigenvalue weighted by atomic mass is 10.0. The van der Waals surface area contributed by atoms with Gasteiger partial charge in [0.2, 0.25) is 15.0 Å². The molecule has 0 bridgehead atoms. The minimum absolute atomic E-state index is 0.0751. The van der Waals surface area contributed by atoms with Crippen molar-refractivity contribution < 1.29 is 17.9 Å². The number of aromatic nitrogens is 2. The average molecular weight is 369 g/mol. The topological polar surface area (TPSA) is 86.2 Å². The van der Waals surface area contributed by atoms with Crippen LogP contribution in [0.5, 0.6) is 5.75 Å². The van der Waals surface area contributed by atoms with Gasteiger partial charge in [-0.15, -0.1) is 0 Å². The molecule has 0 fully saturated rings. The number of rotatable bonds is 5. The van der Waals surface area contributed by atoms with E-state index in [1.807, 2.05) is 12.1 Å². The molecule has 2 rings (SSSR count). The molecule has 128 valence electrons. The van der Waals surface area contributed by atoms with E-state index in [2.05, 4.69) is 23.8 Å². The first-order chi connectivity index (χ1) is 11.2. The second-order valence-electron chi connectivity index (χ2n) is 5.37. The molecule has 0 N–H and O–H groups in total. The van der Waals surface area contributed by atoms with Crippen LogP contribution in [0.1, 0.15) is 42.7 Å². The molecule has 2 aromatic rings. The summed E-state index contributed by atoms with van der Waals surface area (Å²) in [6.07, 6.45) is 1.08. The van der Waals surface area contributed by atoms with Gasteiger partial charge in [-0.2, -0.15) is 0 Å². The van der Waals surface area contributed by atoms with Crippen LogP contribution in [-0.2, 0) is 9.84 Å². The number of nitrogens with zero attached hydrogens (tertiary/aromatic N) is 2. The Balaban J connectivity index is 2.28. The molecule has 0 saturated carbocycles. The molecule has 0 radical (unpaired) electrons. The van der Waals surface area contributed by atoms with Gasteiger partial charge >= 0.3 is 5.97 Å². The Morgan fingerprint density at radius 1 is 1.25 bits per heavy atom. The number of sulfone groups is 1. The second-order valence-corrected chi connectivity index (χ2v) is 7.94. The number of carbonyl (C=O) groups is 1. The Kier molecular flexibility index (Phi) is 5.56. The van der Waals surface area contributed by atoms with Crippen molar-refractivity contribution in [2.24, 2.45) is 0 Å². The van der Waals surface area contributed by atoms with Crippen LogP contribution in [0.25, 0.3) is 0 Å². The molecule has 6 nitrogen and oxygen atoms in total. The monoisotopic (exact) mass is 368 g/mol. The minimum Gasteiger partial charge on any atom is -0.422 e. The van der Waals surface area contributed by atoms with E-state index in [1.165, 1.54) is 6.92 Å². The third kappa shape index (κ3) is 4.10. The Labute approximate surface area is 145 Å². The Morgan fingerprint density at radius 2 is 1.88 bits per heavy atom. The first kappa shape index (κ1) is 18.4. The quantitative estimate of drug-likeness (QED) is 0.457. The van der Waals surface area contributed by atoms with E-state index in [9.17, 15) is 13.2 Å². The van der Waals surface area contributed by atoms with Crippen molar-refractivity contribution in [1.82, 2.24) is 9.97 Å². The molecule has 0 spiro atoms. The summed E-state index contributed by atoms with van der Waals surface area (Å²) in [5, 5.41) is -0.523. The fourth-order valence-corrected chi connectivity index (χ4v) is 2.72. The summed E-state index contributed by atoms with van der Waals surface area (Å²) in [5.74, 6) is -0.348. The lowest BCUT2D eigenvalue weighted by molar-refractivity contribution is 0.0727. The number of hydrogen-bond acceptors (Lipinski definition) is 6. The molecule has 0 amide bonds. The van der Waals surface area contributed by atoms with Gasteiger partial charge < -0.3 is 4.74 Å². The summed E-state index contributed by atoms with van der Waals surface area (Å²) in [4.78, 5) is 19.6.